The molecule has 60 valence electrons. The van der Waals surface area contributed by atoms with Crippen molar-refractivity contribution in [3.63, 3.8) is 0 Å². The van der Waals surface area contributed by atoms with Crippen LogP contribution in [0.3, 0.4) is 0 Å². The van der Waals surface area contributed by atoms with Gasteiger partial charge in [-0.1, -0.05) is 26.7 Å². The average Bonchev–Trinajstić information content (AvgIpc) is 1.94. The fourth-order valence-electron chi connectivity index (χ4n) is 1.99. The molecule has 1 fully saturated rings. The molecule has 10 heavy (non-hydrogen) atoms. The smallest absolute Gasteiger partial charge is 0.0236 e. The van der Waals surface area contributed by atoms with Crippen LogP contribution in [0.2, 0.25) is 0 Å². The van der Waals surface area contributed by atoms with Crippen molar-refractivity contribution in [2.24, 2.45) is 11.8 Å². The molecule has 1 aliphatic rings. The molecule has 0 spiro atoms. The molecule has 0 aromatic carbocycles. The molecule has 0 heterocycles. The van der Waals surface area contributed by atoms with Crippen molar-refractivity contribution in [1.29, 1.82) is 0 Å². The van der Waals surface area contributed by atoms with Crippen molar-refractivity contribution in [2.45, 2.75) is 45.2 Å². The van der Waals surface area contributed by atoms with E-state index in [1.54, 1.807) is 0 Å². The van der Waals surface area contributed by atoms with Crippen LogP contribution in [-0.4, -0.2) is 5.66 Å². The van der Waals surface area contributed by atoms with Gasteiger partial charge >= 0.3 is 0 Å². The van der Waals surface area contributed by atoms with Gasteiger partial charge in [0, 0.05) is 0 Å². The Morgan fingerprint density at radius 2 is 2.10 bits per heavy atom. The Morgan fingerprint density at radius 1 is 1.40 bits per heavy atom. The lowest BCUT2D eigenvalue weighted by Gasteiger charge is -2.31. The molecule has 0 amide bonds. The zero-order valence-corrected chi connectivity index (χ0v) is 8.29. The summed E-state index contributed by atoms with van der Waals surface area (Å²) in [5.74, 6) is 1.98. The summed E-state index contributed by atoms with van der Waals surface area (Å²) in [5.41, 5.74) is 0.918. The van der Waals surface area contributed by atoms with Crippen molar-refractivity contribution in [3.05, 3.63) is 0 Å². The molecule has 1 saturated carbocycles. The van der Waals surface area contributed by atoms with E-state index in [4.69, 9.17) is 0 Å². The van der Waals surface area contributed by atoms with Gasteiger partial charge in [-0.25, -0.2) is 0 Å². The summed E-state index contributed by atoms with van der Waals surface area (Å²) in [5, 5.41) is 0. The van der Waals surface area contributed by atoms with Crippen molar-refractivity contribution in [1.82, 2.24) is 0 Å². The largest absolute Gasteiger partial charge is 0.134 e. The molecule has 0 aromatic rings. The first kappa shape index (κ1) is 8.53. The van der Waals surface area contributed by atoms with Gasteiger partial charge in [0.15, 0.2) is 0 Å². The predicted molar refractivity (Wildman–Crippen MR) is 50.3 cm³/mol. The normalized spacial score (nSPS) is 41.7. The zero-order chi connectivity index (χ0) is 7.56. The van der Waals surface area contributed by atoms with Gasteiger partial charge in [0.25, 0.3) is 0 Å². The van der Waals surface area contributed by atoms with Crippen LogP contribution in [0.5, 0.6) is 0 Å². The maximum absolute atomic E-state index is 3.01. The summed E-state index contributed by atoms with van der Waals surface area (Å²) < 4.78 is 0. The van der Waals surface area contributed by atoms with Crippen molar-refractivity contribution in [2.75, 3.05) is 0 Å². The monoisotopic (exact) mass is 158 g/mol. The molecule has 1 heteroatoms. The van der Waals surface area contributed by atoms with Crippen LogP contribution in [0.25, 0.3) is 0 Å². The van der Waals surface area contributed by atoms with Gasteiger partial charge in [0.2, 0.25) is 0 Å². The van der Waals surface area contributed by atoms with Gasteiger partial charge < -0.3 is 0 Å². The second-order valence-corrected chi connectivity index (χ2v) is 4.61. The summed E-state index contributed by atoms with van der Waals surface area (Å²) in [6.07, 6.45) is 5.72. The molecule has 4 atom stereocenters. The molecule has 0 radical (unpaired) electrons. The van der Waals surface area contributed by atoms with E-state index >= 15 is 0 Å². The van der Waals surface area contributed by atoms with Gasteiger partial charge in [-0.05, 0) is 30.3 Å². The van der Waals surface area contributed by atoms with Crippen LogP contribution in [0.1, 0.15) is 39.5 Å². The lowest BCUT2D eigenvalue weighted by Crippen LogP contribution is -2.22. The second-order valence-electron chi connectivity index (χ2n) is 3.75. The first-order chi connectivity index (χ1) is 4.74. The Morgan fingerprint density at radius 3 is 2.60 bits per heavy atom. The lowest BCUT2D eigenvalue weighted by molar-refractivity contribution is 0.285. The summed E-state index contributed by atoms with van der Waals surface area (Å²) in [6, 6.07) is 0. The Labute approximate surface area is 67.0 Å². The fourth-order valence-corrected chi connectivity index (χ4v) is 2.61. The minimum absolute atomic E-state index is 0.918. The third-order valence-corrected chi connectivity index (χ3v) is 3.71. The highest BCUT2D eigenvalue weighted by Gasteiger charge is 2.23. The van der Waals surface area contributed by atoms with E-state index in [-0.39, 0.29) is 0 Å². The molecule has 0 nitrogen and oxygen atoms in total. The summed E-state index contributed by atoms with van der Waals surface area (Å²) in [4.78, 5) is 0. The first-order valence-electron chi connectivity index (χ1n) is 4.49. The number of hydrogen-bond donors (Lipinski definition) is 0. The molecule has 1 rings (SSSR count). The van der Waals surface area contributed by atoms with Gasteiger partial charge in [0.05, 0.1) is 0 Å². The number of rotatable bonds is 1. The topological polar surface area (TPSA) is 0 Å². The molecule has 4 unspecified atom stereocenters. The van der Waals surface area contributed by atoms with Crippen LogP contribution in [0.15, 0.2) is 0 Å². The molecular weight excluding hydrogens is 139 g/mol. The molecule has 0 bridgehead atoms. The van der Waals surface area contributed by atoms with Crippen molar-refractivity contribution >= 4 is 9.24 Å². The minimum atomic E-state index is 0.918. The van der Waals surface area contributed by atoms with Gasteiger partial charge in [0.1, 0.15) is 0 Å². The summed E-state index contributed by atoms with van der Waals surface area (Å²) in [6.45, 7) is 4.71. The van der Waals surface area contributed by atoms with Crippen LogP contribution in [0, 0.1) is 11.8 Å². The van der Waals surface area contributed by atoms with E-state index in [1.807, 2.05) is 0 Å². The standard InChI is InChI=1S/C9H19P/c1-3-8-6-7(2)4-5-9(8)10/h7-9H,3-6,10H2,1-2H3. The zero-order valence-electron chi connectivity index (χ0n) is 7.14. The molecule has 1 aliphatic carbocycles. The Hall–Kier alpha value is 0.430. The van der Waals surface area contributed by atoms with Crippen molar-refractivity contribution < 1.29 is 0 Å². The lowest BCUT2D eigenvalue weighted by atomic mass is 9.81. The molecule has 0 aromatic heterocycles. The Balaban J connectivity index is 2.38. The summed E-state index contributed by atoms with van der Waals surface area (Å²) in [7, 11) is 3.01. The SMILES string of the molecule is CCC1CC(C)CCC1P. The Bertz CT molecular complexity index is 101. The maximum Gasteiger partial charge on any atom is -0.0236 e. The van der Waals surface area contributed by atoms with Crippen LogP contribution >= 0.6 is 9.24 Å². The predicted octanol–water partition coefficient (Wildman–Crippen LogP) is 3.08. The van der Waals surface area contributed by atoms with Gasteiger partial charge in [-0.3, -0.25) is 0 Å². The van der Waals surface area contributed by atoms with E-state index in [1.165, 1.54) is 25.7 Å². The van der Waals surface area contributed by atoms with Crippen molar-refractivity contribution in [3.8, 4) is 0 Å². The number of hydrogen-bond acceptors (Lipinski definition) is 0. The summed E-state index contributed by atoms with van der Waals surface area (Å²) >= 11 is 0. The first-order valence-corrected chi connectivity index (χ1v) is 5.16. The van der Waals surface area contributed by atoms with E-state index < -0.39 is 0 Å². The molecule has 0 aliphatic heterocycles. The van der Waals surface area contributed by atoms with E-state index in [2.05, 4.69) is 23.1 Å². The van der Waals surface area contributed by atoms with E-state index in [9.17, 15) is 0 Å². The Kier molecular flexibility index (Phi) is 3.17. The highest BCUT2D eigenvalue weighted by Crippen LogP contribution is 2.35. The second kappa shape index (κ2) is 3.72. The molecule has 0 saturated heterocycles. The third-order valence-electron chi connectivity index (χ3n) is 2.83. The highest BCUT2D eigenvalue weighted by molar-refractivity contribution is 7.17. The van der Waals surface area contributed by atoms with Crippen LogP contribution < -0.4 is 0 Å². The molecular formula is C9H19P. The average molecular weight is 158 g/mol. The van der Waals surface area contributed by atoms with Gasteiger partial charge in [-0.2, -0.15) is 0 Å². The third kappa shape index (κ3) is 1.95. The van der Waals surface area contributed by atoms with Crippen LogP contribution in [-0.2, 0) is 0 Å². The maximum atomic E-state index is 3.01. The fraction of sp³-hybridized carbons (Fsp3) is 1.00. The van der Waals surface area contributed by atoms with Crippen LogP contribution in [0.4, 0.5) is 0 Å². The minimum Gasteiger partial charge on any atom is -0.134 e. The quantitative estimate of drug-likeness (QED) is 0.514. The van der Waals surface area contributed by atoms with Gasteiger partial charge in [-0.15, -0.1) is 9.24 Å². The highest BCUT2D eigenvalue weighted by atomic mass is 31.0. The molecule has 0 N–H and O–H groups in total. The van der Waals surface area contributed by atoms with E-state index in [0.717, 1.165) is 17.5 Å². The van der Waals surface area contributed by atoms with E-state index in [0.29, 0.717) is 0 Å².